The van der Waals surface area contributed by atoms with Gasteiger partial charge in [-0.1, -0.05) is 0 Å². The molecule has 1 amide bonds. The van der Waals surface area contributed by atoms with Crippen molar-refractivity contribution in [2.24, 2.45) is 11.8 Å². The Morgan fingerprint density at radius 2 is 2.00 bits per heavy atom. The number of amides is 1. The summed E-state index contributed by atoms with van der Waals surface area (Å²) in [4.78, 5) is 28.3. The van der Waals surface area contributed by atoms with Crippen LogP contribution in [0.4, 0.5) is 0 Å². The van der Waals surface area contributed by atoms with Crippen LogP contribution in [0.25, 0.3) is 0 Å². The molecule has 1 aliphatic carbocycles. The summed E-state index contributed by atoms with van der Waals surface area (Å²) in [6.07, 6.45) is 0.216. The maximum Gasteiger partial charge on any atom is 0.309 e. The lowest BCUT2D eigenvalue weighted by Crippen LogP contribution is -2.33. The van der Waals surface area contributed by atoms with Gasteiger partial charge in [-0.2, -0.15) is 0 Å². The van der Waals surface area contributed by atoms with Gasteiger partial charge in [-0.3, -0.25) is 9.59 Å². The molecule has 0 saturated heterocycles. The van der Waals surface area contributed by atoms with Crippen LogP contribution in [0.2, 0.25) is 0 Å². The van der Waals surface area contributed by atoms with Crippen LogP contribution < -0.4 is 5.32 Å². The van der Waals surface area contributed by atoms with Crippen molar-refractivity contribution in [1.29, 1.82) is 0 Å². The van der Waals surface area contributed by atoms with Gasteiger partial charge in [0.1, 0.15) is 11.4 Å². The Hall–Kier alpha value is -1.89. The highest BCUT2D eigenvalue weighted by Crippen LogP contribution is 2.32. The summed E-state index contributed by atoms with van der Waals surface area (Å²) in [5.74, 6) is -0.250. The monoisotopic (exact) mass is 338 g/mol. The molecule has 0 bridgehead atoms. The van der Waals surface area contributed by atoms with Crippen molar-refractivity contribution < 1.29 is 23.8 Å². The summed E-state index contributed by atoms with van der Waals surface area (Å²) in [5, 5.41) is 12.9. The molecule has 2 N–H and O–H groups in total. The molecular weight excluding hydrogens is 312 g/mol. The van der Waals surface area contributed by atoms with E-state index in [1.165, 1.54) is 0 Å². The van der Waals surface area contributed by atoms with Gasteiger partial charge in [0.05, 0.1) is 12.0 Å². The van der Waals surface area contributed by atoms with Crippen LogP contribution in [0.1, 0.15) is 55.8 Å². The Labute approximate surface area is 141 Å². The van der Waals surface area contributed by atoms with Gasteiger partial charge in [-0.15, -0.1) is 0 Å². The van der Waals surface area contributed by atoms with Crippen molar-refractivity contribution in [3.05, 3.63) is 17.3 Å². The number of aliphatic hydroxyl groups excluding tert-OH is 1. The third-order valence-electron chi connectivity index (χ3n) is 4.04. The van der Waals surface area contributed by atoms with Gasteiger partial charge in [-0.05, 0) is 40.5 Å². The average molecular weight is 338 g/mol. The molecule has 1 aromatic heterocycles. The number of aryl methyl sites for hydroxylation is 2. The third kappa shape index (κ3) is 4.56. The van der Waals surface area contributed by atoms with Gasteiger partial charge in [0.2, 0.25) is 0 Å². The Kier molecular flexibility index (Phi) is 5.32. The van der Waals surface area contributed by atoms with E-state index in [0.717, 1.165) is 0 Å². The van der Waals surface area contributed by atoms with Crippen molar-refractivity contribution in [2.45, 2.75) is 59.2 Å². The molecule has 0 aromatic carbocycles. The molecule has 1 saturated carbocycles. The van der Waals surface area contributed by atoms with E-state index >= 15 is 0 Å². The predicted octanol–water partition coefficient (Wildman–Crippen LogP) is 1.75. The second kappa shape index (κ2) is 6.93. The smallest absolute Gasteiger partial charge is 0.309 e. The molecule has 7 nitrogen and oxygen atoms in total. The number of ether oxygens (including phenoxy) is 1. The largest absolute Gasteiger partial charge is 0.460 e. The number of nitrogens with zero attached hydrogens (tertiary/aromatic N) is 1. The molecule has 134 valence electrons. The molecule has 1 heterocycles. The lowest BCUT2D eigenvalue weighted by Gasteiger charge is -2.22. The fourth-order valence-electron chi connectivity index (χ4n) is 2.95. The number of rotatable bonds is 4. The molecule has 1 fully saturated rings. The first-order valence-corrected chi connectivity index (χ1v) is 8.20. The molecule has 1 unspecified atom stereocenters. The van der Waals surface area contributed by atoms with E-state index in [2.05, 4.69) is 10.3 Å². The van der Waals surface area contributed by atoms with Crippen molar-refractivity contribution in [1.82, 2.24) is 10.3 Å². The normalized spacial score (nSPS) is 24.0. The van der Waals surface area contributed by atoms with E-state index in [1.807, 2.05) is 20.8 Å². The van der Waals surface area contributed by atoms with Crippen LogP contribution in [0.5, 0.6) is 0 Å². The first kappa shape index (κ1) is 18.4. The fraction of sp³-hybridized carbons (Fsp3) is 0.706. The maximum absolute atomic E-state index is 12.1. The van der Waals surface area contributed by atoms with Crippen molar-refractivity contribution >= 4 is 11.9 Å². The summed E-state index contributed by atoms with van der Waals surface area (Å²) < 4.78 is 10.6. The third-order valence-corrected chi connectivity index (χ3v) is 4.04. The lowest BCUT2D eigenvalue weighted by atomic mass is 10.0. The van der Waals surface area contributed by atoms with E-state index in [4.69, 9.17) is 9.15 Å². The second-order valence-electron chi connectivity index (χ2n) is 7.38. The first-order valence-electron chi connectivity index (χ1n) is 8.20. The Morgan fingerprint density at radius 1 is 1.33 bits per heavy atom. The van der Waals surface area contributed by atoms with Gasteiger partial charge in [0.15, 0.2) is 11.6 Å². The topological polar surface area (TPSA) is 102 Å². The van der Waals surface area contributed by atoms with Crippen LogP contribution in [0.3, 0.4) is 0 Å². The Bertz CT molecular complexity index is 617. The zero-order valence-electron chi connectivity index (χ0n) is 14.9. The number of hydrogen-bond donors (Lipinski definition) is 2. The number of hydrogen-bond acceptors (Lipinski definition) is 6. The highest BCUT2D eigenvalue weighted by Gasteiger charge is 2.39. The van der Waals surface area contributed by atoms with Crippen LogP contribution in [-0.4, -0.2) is 40.2 Å². The number of esters is 1. The number of carbonyl (C=O) groups is 2. The zero-order chi connectivity index (χ0) is 18.1. The van der Waals surface area contributed by atoms with Gasteiger partial charge in [0, 0.05) is 19.4 Å². The fourth-order valence-corrected chi connectivity index (χ4v) is 2.95. The summed E-state index contributed by atoms with van der Waals surface area (Å²) >= 11 is 0. The van der Waals surface area contributed by atoms with Gasteiger partial charge >= 0.3 is 5.97 Å². The molecule has 0 spiro atoms. The quantitative estimate of drug-likeness (QED) is 0.811. The summed E-state index contributed by atoms with van der Waals surface area (Å²) in [6, 6.07) is 0. The Morgan fingerprint density at radius 3 is 2.54 bits per heavy atom. The maximum atomic E-state index is 12.1. The van der Waals surface area contributed by atoms with E-state index in [-0.39, 0.29) is 36.0 Å². The molecule has 2 rings (SSSR count). The van der Waals surface area contributed by atoms with Crippen molar-refractivity contribution in [3.63, 3.8) is 0 Å². The molecule has 24 heavy (non-hydrogen) atoms. The molecular formula is C17H26N2O5. The van der Waals surface area contributed by atoms with Crippen LogP contribution in [-0.2, 0) is 9.53 Å². The zero-order valence-corrected chi connectivity index (χ0v) is 14.9. The molecule has 3 atom stereocenters. The number of aliphatic hydroxyl groups is 1. The molecule has 0 radical (unpaired) electrons. The molecule has 1 aliphatic rings. The summed E-state index contributed by atoms with van der Waals surface area (Å²) in [7, 11) is 0. The van der Waals surface area contributed by atoms with Gasteiger partial charge < -0.3 is 19.6 Å². The number of oxazole rings is 1. The molecule has 1 aromatic rings. The minimum absolute atomic E-state index is 0.181. The Balaban J connectivity index is 1.88. The van der Waals surface area contributed by atoms with Gasteiger partial charge in [0.25, 0.3) is 5.91 Å². The van der Waals surface area contributed by atoms with E-state index < -0.39 is 11.7 Å². The minimum atomic E-state index is -0.636. The van der Waals surface area contributed by atoms with Gasteiger partial charge in [-0.25, -0.2) is 4.98 Å². The van der Waals surface area contributed by atoms with Crippen LogP contribution in [0, 0.1) is 25.7 Å². The second-order valence-corrected chi connectivity index (χ2v) is 7.38. The summed E-state index contributed by atoms with van der Waals surface area (Å²) in [5.41, 5.74) is -0.292. The SMILES string of the molecule is Cc1nc(C(=O)NC[C@H]2CC(C(=O)OC(C)(C)C)C[C@H]2O)c(C)o1. The highest BCUT2D eigenvalue weighted by molar-refractivity contribution is 5.93. The summed E-state index contributed by atoms with van der Waals surface area (Å²) in [6.45, 7) is 9.08. The molecule has 7 heteroatoms. The van der Waals surface area contributed by atoms with E-state index in [1.54, 1.807) is 13.8 Å². The number of nitrogens with one attached hydrogen (secondary N) is 1. The molecule has 0 aliphatic heterocycles. The first-order chi connectivity index (χ1) is 11.1. The van der Waals surface area contributed by atoms with Crippen LogP contribution >= 0.6 is 0 Å². The standard InChI is InChI=1S/C17H26N2O5/c1-9-14(19-10(2)23-9)15(21)18-8-12-6-11(7-13(12)20)16(22)24-17(3,4)5/h11-13,20H,6-8H2,1-5H3,(H,18,21)/t11?,12-,13-/m1/s1. The number of aromatic nitrogens is 1. The minimum Gasteiger partial charge on any atom is -0.460 e. The van der Waals surface area contributed by atoms with E-state index in [9.17, 15) is 14.7 Å². The van der Waals surface area contributed by atoms with Crippen LogP contribution in [0.15, 0.2) is 4.42 Å². The average Bonchev–Trinajstić information content (AvgIpc) is 2.97. The van der Waals surface area contributed by atoms with E-state index in [0.29, 0.717) is 24.5 Å². The highest BCUT2D eigenvalue weighted by atomic mass is 16.6. The predicted molar refractivity (Wildman–Crippen MR) is 86.4 cm³/mol. The van der Waals surface area contributed by atoms with Crippen molar-refractivity contribution in [2.75, 3.05) is 6.54 Å². The lowest BCUT2D eigenvalue weighted by molar-refractivity contribution is -0.160. The van der Waals surface area contributed by atoms with Crippen molar-refractivity contribution in [3.8, 4) is 0 Å². The number of carbonyl (C=O) groups excluding carboxylic acids is 2.